The molecule has 0 saturated carbocycles. The summed E-state index contributed by atoms with van der Waals surface area (Å²) in [6.07, 6.45) is 3.98. The molecule has 1 aromatic heterocycles. The molecule has 2 heterocycles. The molecule has 1 aliphatic heterocycles. The van der Waals surface area contributed by atoms with Gasteiger partial charge in [-0.05, 0) is 75.4 Å². The summed E-state index contributed by atoms with van der Waals surface area (Å²) in [6, 6.07) is 10.2. The van der Waals surface area contributed by atoms with E-state index in [9.17, 15) is 4.79 Å². The van der Waals surface area contributed by atoms with Crippen LogP contribution in [-0.4, -0.2) is 42.0 Å². The lowest BCUT2D eigenvalue weighted by molar-refractivity contribution is 0.0677. The predicted octanol–water partition coefficient (Wildman–Crippen LogP) is 4.85. The zero-order valence-electron chi connectivity index (χ0n) is 17.5. The molecule has 1 amide bonds. The molecule has 1 saturated heterocycles. The summed E-state index contributed by atoms with van der Waals surface area (Å²) in [5.41, 5.74) is 4.86. The molecule has 1 unspecified atom stereocenters. The third kappa shape index (κ3) is 4.64. The molecule has 5 nitrogen and oxygen atoms in total. The topological polar surface area (TPSA) is 48.5 Å². The third-order valence-corrected chi connectivity index (χ3v) is 5.54. The highest BCUT2D eigenvalue weighted by atomic mass is 16.2. The van der Waals surface area contributed by atoms with Crippen LogP contribution in [0.25, 0.3) is 0 Å². The number of carbonyl (C=O) groups excluding carboxylic acids is 1. The minimum Gasteiger partial charge on any atom is -0.372 e. The number of hydrogen-bond acceptors (Lipinski definition) is 4. The number of nitrogens with zero attached hydrogens (tertiary/aromatic N) is 3. The minimum absolute atomic E-state index is 0.0313. The van der Waals surface area contributed by atoms with Crippen LogP contribution in [-0.2, 0) is 0 Å². The first-order chi connectivity index (χ1) is 13.5. The Kier molecular flexibility index (Phi) is 6.55. The minimum atomic E-state index is 0.0313. The largest absolute Gasteiger partial charge is 0.372 e. The van der Waals surface area contributed by atoms with Crippen LogP contribution in [0.3, 0.4) is 0 Å². The molecule has 1 aliphatic rings. The second kappa shape index (κ2) is 9.09. The van der Waals surface area contributed by atoms with Crippen molar-refractivity contribution in [3.8, 4) is 0 Å². The van der Waals surface area contributed by atoms with Gasteiger partial charge in [0.25, 0.3) is 5.91 Å². The number of amides is 1. The molecule has 2 aromatic rings. The number of likely N-dealkylation sites (tertiary alicyclic amines) is 1. The van der Waals surface area contributed by atoms with E-state index in [1.54, 1.807) is 6.20 Å². The molecule has 0 bridgehead atoms. The number of benzene rings is 1. The van der Waals surface area contributed by atoms with Gasteiger partial charge in [0.1, 0.15) is 5.69 Å². The Morgan fingerprint density at radius 2 is 2.04 bits per heavy atom. The first kappa shape index (κ1) is 20.2. The number of nitrogens with one attached hydrogen (secondary N) is 1. The standard InChI is InChI=1S/C23H32N4O/c1-5-26(6-2)20-9-10-21(18(4)14-20)25-19-11-12-24-22(15-19)23(28)27-13-7-8-17(3)16-27/h9-12,14-15,17H,5-8,13,16H2,1-4H3,(H,24,25). The Labute approximate surface area is 168 Å². The molecular weight excluding hydrogens is 348 g/mol. The van der Waals surface area contributed by atoms with Gasteiger partial charge < -0.3 is 15.1 Å². The maximum absolute atomic E-state index is 12.8. The molecule has 1 aromatic carbocycles. The molecule has 5 heteroatoms. The van der Waals surface area contributed by atoms with Gasteiger partial charge in [-0.15, -0.1) is 0 Å². The van der Waals surface area contributed by atoms with Crippen molar-refractivity contribution >= 4 is 23.0 Å². The van der Waals surface area contributed by atoms with E-state index in [4.69, 9.17) is 0 Å². The van der Waals surface area contributed by atoms with E-state index in [0.29, 0.717) is 11.6 Å². The van der Waals surface area contributed by atoms with Crippen molar-refractivity contribution in [1.29, 1.82) is 0 Å². The van der Waals surface area contributed by atoms with Crippen LogP contribution in [0, 0.1) is 12.8 Å². The zero-order valence-corrected chi connectivity index (χ0v) is 17.5. The summed E-state index contributed by atoms with van der Waals surface area (Å²) < 4.78 is 0. The second-order valence-corrected chi connectivity index (χ2v) is 7.72. The maximum Gasteiger partial charge on any atom is 0.272 e. The van der Waals surface area contributed by atoms with Gasteiger partial charge in [0.15, 0.2) is 0 Å². The van der Waals surface area contributed by atoms with Crippen LogP contribution >= 0.6 is 0 Å². The molecule has 150 valence electrons. The van der Waals surface area contributed by atoms with E-state index in [1.807, 2.05) is 17.0 Å². The number of piperidine rings is 1. The monoisotopic (exact) mass is 380 g/mol. The van der Waals surface area contributed by atoms with Crippen molar-refractivity contribution in [2.75, 3.05) is 36.4 Å². The Morgan fingerprint density at radius 3 is 2.71 bits per heavy atom. The Bertz CT molecular complexity index is 816. The van der Waals surface area contributed by atoms with E-state index >= 15 is 0 Å². The van der Waals surface area contributed by atoms with Gasteiger partial charge in [-0.2, -0.15) is 0 Å². The van der Waals surface area contributed by atoms with E-state index in [1.165, 1.54) is 17.7 Å². The molecule has 0 spiro atoms. The first-order valence-electron chi connectivity index (χ1n) is 10.4. The van der Waals surface area contributed by atoms with E-state index in [-0.39, 0.29) is 5.91 Å². The lowest BCUT2D eigenvalue weighted by atomic mass is 10.00. The van der Waals surface area contributed by atoms with Crippen molar-refractivity contribution in [2.24, 2.45) is 5.92 Å². The first-order valence-corrected chi connectivity index (χ1v) is 10.4. The van der Waals surface area contributed by atoms with Gasteiger partial charge in [0, 0.05) is 49.4 Å². The average Bonchev–Trinajstić information content (AvgIpc) is 2.70. The third-order valence-electron chi connectivity index (χ3n) is 5.54. The fourth-order valence-corrected chi connectivity index (χ4v) is 3.89. The molecule has 1 N–H and O–H groups in total. The summed E-state index contributed by atoms with van der Waals surface area (Å²) in [5, 5.41) is 3.45. The lowest BCUT2D eigenvalue weighted by Gasteiger charge is -2.30. The van der Waals surface area contributed by atoms with Gasteiger partial charge in [0.2, 0.25) is 0 Å². The van der Waals surface area contributed by atoms with Crippen LogP contribution < -0.4 is 10.2 Å². The van der Waals surface area contributed by atoms with E-state index in [2.05, 4.69) is 61.1 Å². The zero-order chi connectivity index (χ0) is 20.1. The quantitative estimate of drug-likeness (QED) is 0.778. The fourth-order valence-electron chi connectivity index (χ4n) is 3.89. The van der Waals surface area contributed by atoms with Crippen molar-refractivity contribution < 1.29 is 4.79 Å². The number of aromatic nitrogens is 1. The van der Waals surface area contributed by atoms with Gasteiger partial charge in [-0.3, -0.25) is 9.78 Å². The molecule has 1 atom stereocenters. The van der Waals surface area contributed by atoms with Gasteiger partial charge >= 0.3 is 0 Å². The van der Waals surface area contributed by atoms with Crippen molar-refractivity contribution in [3.05, 3.63) is 47.8 Å². The van der Waals surface area contributed by atoms with Crippen LogP contribution in [0.15, 0.2) is 36.5 Å². The van der Waals surface area contributed by atoms with Crippen LogP contribution in [0.5, 0.6) is 0 Å². The van der Waals surface area contributed by atoms with Crippen molar-refractivity contribution in [1.82, 2.24) is 9.88 Å². The number of anilines is 3. The number of rotatable bonds is 6. The van der Waals surface area contributed by atoms with Crippen LogP contribution in [0.1, 0.15) is 49.7 Å². The number of carbonyl (C=O) groups is 1. The Hall–Kier alpha value is -2.56. The van der Waals surface area contributed by atoms with E-state index in [0.717, 1.165) is 44.0 Å². The van der Waals surface area contributed by atoms with Gasteiger partial charge in [-0.1, -0.05) is 6.92 Å². The molecule has 3 rings (SSSR count). The summed E-state index contributed by atoms with van der Waals surface area (Å²) in [6.45, 7) is 12.3. The summed E-state index contributed by atoms with van der Waals surface area (Å²) in [5.74, 6) is 0.592. The van der Waals surface area contributed by atoms with Gasteiger partial charge in [0.05, 0.1) is 0 Å². The lowest BCUT2D eigenvalue weighted by Crippen LogP contribution is -2.39. The van der Waals surface area contributed by atoms with Crippen LogP contribution in [0.2, 0.25) is 0 Å². The molecule has 0 radical (unpaired) electrons. The van der Waals surface area contributed by atoms with Crippen molar-refractivity contribution in [2.45, 2.75) is 40.5 Å². The number of pyridine rings is 1. The number of aryl methyl sites for hydroxylation is 1. The summed E-state index contributed by atoms with van der Waals surface area (Å²) >= 11 is 0. The van der Waals surface area contributed by atoms with Gasteiger partial charge in [-0.25, -0.2) is 0 Å². The number of hydrogen-bond donors (Lipinski definition) is 1. The molecule has 28 heavy (non-hydrogen) atoms. The average molecular weight is 381 g/mol. The SMILES string of the molecule is CCN(CC)c1ccc(Nc2ccnc(C(=O)N3CCCC(C)C3)c2)c(C)c1. The highest BCUT2D eigenvalue weighted by Gasteiger charge is 2.23. The second-order valence-electron chi connectivity index (χ2n) is 7.72. The van der Waals surface area contributed by atoms with Crippen LogP contribution in [0.4, 0.5) is 17.1 Å². The Morgan fingerprint density at radius 1 is 1.25 bits per heavy atom. The highest BCUT2D eigenvalue weighted by molar-refractivity contribution is 5.93. The Balaban J connectivity index is 1.75. The molecule has 0 aliphatic carbocycles. The molecular formula is C23H32N4O. The smallest absolute Gasteiger partial charge is 0.272 e. The normalized spacial score (nSPS) is 16.7. The predicted molar refractivity (Wildman–Crippen MR) is 117 cm³/mol. The summed E-state index contributed by atoms with van der Waals surface area (Å²) in [7, 11) is 0. The summed E-state index contributed by atoms with van der Waals surface area (Å²) in [4.78, 5) is 21.4. The maximum atomic E-state index is 12.8. The molecule has 1 fully saturated rings. The fraction of sp³-hybridized carbons (Fsp3) is 0.478. The van der Waals surface area contributed by atoms with Crippen molar-refractivity contribution in [3.63, 3.8) is 0 Å². The van der Waals surface area contributed by atoms with E-state index < -0.39 is 0 Å². The highest BCUT2D eigenvalue weighted by Crippen LogP contribution is 2.26.